The summed E-state index contributed by atoms with van der Waals surface area (Å²) in [5.74, 6) is 0.636. The first-order valence-electron chi connectivity index (χ1n) is 10.3. The molecule has 1 N–H and O–H groups in total. The van der Waals surface area contributed by atoms with E-state index in [1.807, 2.05) is 17.0 Å². The topological polar surface area (TPSA) is 91.4 Å². The van der Waals surface area contributed by atoms with Crippen molar-refractivity contribution >= 4 is 11.9 Å². The van der Waals surface area contributed by atoms with Crippen molar-refractivity contribution in [3.63, 3.8) is 0 Å². The molecule has 8 heteroatoms. The highest BCUT2D eigenvalue weighted by atomic mass is 16.5. The number of carbonyl (C=O) groups excluding carboxylic acids is 1. The first kappa shape index (κ1) is 18.3. The molecule has 5 rings (SSSR count). The summed E-state index contributed by atoms with van der Waals surface area (Å²) in [7, 11) is 0. The number of hydrogen-bond donors (Lipinski definition) is 1. The molecule has 2 aromatic rings. The third-order valence-corrected chi connectivity index (χ3v) is 6.56. The summed E-state index contributed by atoms with van der Waals surface area (Å²) < 4.78 is 5.42. The van der Waals surface area contributed by atoms with Gasteiger partial charge in [0.15, 0.2) is 0 Å². The van der Waals surface area contributed by atoms with E-state index < -0.39 is 0 Å². The standard InChI is InChI=1S/C21H25N5O3/c27-18-15-4-5-21(17(15)23-20(24-18)26-11-13-29-14-12-26)6-9-25(10-7-21)19(28)16-3-1-2-8-22-16/h1-3,8H,4-7,9-14H2,(H,23,24,27). The van der Waals surface area contributed by atoms with E-state index in [1.165, 1.54) is 0 Å². The number of nitrogens with one attached hydrogen (secondary N) is 1. The molecule has 152 valence electrons. The summed E-state index contributed by atoms with van der Waals surface area (Å²) in [4.78, 5) is 41.5. The molecule has 2 saturated heterocycles. The van der Waals surface area contributed by atoms with E-state index in [2.05, 4.69) is 14.9 Å². The third kappa shape index (κ3) is 3.21. The maximum absolute atomic E-state index is 12.7. The normalized spacial score (nSPS) is 20.7. The van der Waals surface area contributed by atoms with E-state index in [-0.39, 0.29) is 16.9 Å². The lowest BCUT2D eigenvalue weighted by atomic mass is 9.76. The van der Waals surface area contributed by atoms with Gasteiger partial charge < -0.3 is 14.5 Å². The number of aromatic nitrogens is 3. The first-order valence-corrected chi connectivity index (χ1v) is 10.3. The summed E-state index contributed by atoms with van der Waals surface area (Å²) in [6, 6.07) is 5.40. The average molecular weight is 395 g/mol. The molecule has 0 aromatic carbocycles. The zero-order valence-electron chi connectivity index (χ0n) is 16.4. The lowest BCUT2D eigenvalue weighted by Crippen LogP contribution is -2.45. The molecule has 0 radical (unpaired) electrons. The number of ether oxygens (including phenoxy) is 1. The van der Waals surface area contributed by atoms with Gasteiger partial charge in [-0.25, -0.2) is 4.98 Å². The van der Waals surface area contributed by atoms with Crippen molar-refractivity contribution in [2.75, 3.05) is 44.3 Å². The first-order chi connectivity index (χ1) is 14.2. The maximum Gasteiger partial charge on any atom is 0.272 e. The van der Waals surface area contributed by atoms with Crippen molar-refractivity contribution in [1.82, 2.24) is 19.9 Å². The number of nitrogens with zero attached hydrogens (tertiary/aromatic N) is 4. The molecule has 0 saturated carbocycles. The molecule has 2 aromatic heterocycles. The van der Waals surface area contributed by atoms with E-state index in [1.54, 1.807) is 12.3 Å². The van der Waals surface area contributed by atoms with Crippen LogP contribution in [-0.4, -0.2) is 65.2 Å². The Morgan fingerprint density at radius 1 is 1.10 bits per heavy atom. The Morgan fingerprint density at radius 3 is 2.62 bits per heavy atom. The second kappa shape index (κ2) is 7.26. The van der Waals surface area contributed by atoms with Crippen LogP contribution in [0.15, 0.2) is 29.2 Å². The van der Waals surface area contributed by atoms with Gasteiger partial charge >= 0.3 is 0 Å². The fraction of sp³-hybridized carbons (Fsp3) is 0.524. The molecule has 29 heavy (non-hydrogen) atoms. The number of piperidine rings is 1. The minimum absolute atomic E-state index is 0.0136. The number of fused-ring (bicyclic) bond motifs is 2. The van der Waals surface area contributed by atoms with Crippen LogP contribution in [0.4, 0.5) is 5.95 Å². The van der Waals surface area contributed by atoms with Gasteiger partial charge in [0.05, 0.1) is 18.9 Å². The number of rotatable bonds is 2. The van der Waals surface area contributed by atoms with Gasteiger partial charge in [-0.3, -0.25) is 19.6 Å². The van der Waals surface area contributed by atoms with Crippen molar-refractivity contribution in [3.8, 4) is 0 Å². The number of pyridine rings is 1. The number of anilines is 1. The molecule has 4 heterocycles. The molecule has 2 aliphatic heterocycles. The van der Waals surface area contributed by atoms with Crippen molar-refractivity contribution in [2.24, 2.45) is 0 Å². The summed E-state index contributed by atoms with van der Waals surface area (Å²) in [6.07, 6.45) is 5.00. The molecule has 0 unspecified atom stereocenters. The molecule has 0 atom stereocenters. The summed E-state index contributed by atoms with van der Waals surface area (Å²) in [5.41, 5.74) is 2.14. The monoisotopic (exact) mass is 395 g/mol. The molecule has 1 aliphatic carbocycles. The van der Waals surface area contributed by atoms with Gasteiger partial charge in [0.1, 0.15) is 5.69 Å². The Labute approximate surface area is 168 Å². The molecule has 2 fully saturated rings. The van der Waals surface area contributed by atoms with Crippen molar-refractivity contribution in [3.05, 3.63) is 51.7 Å². The molecule has 0 bridgehead atoms. The predicted molar refractivity (Wildman–Crippen MR) is 107 cm³/mol. The molecule has 8 nitrogen and oxygen atoms in total. The number of aromatic amines is 1. The van der Waals surface area contributed by atoms with E-state index in [4.69, 9.17) is 9.72 Å². The molecular weight excluding hydrogens is 370 g/mol. The maximum atomic E-state index is 12.7. The Hall–Kier alpha value is -2.74. The van der Waals surface area contributed by atoms with Crippen molar-refractivity contribution < 1.29 is 9.53 Å². The van der Waals surface area contributed by atoms with Gasteiger partial charge in [0.25, 0.3) is 11.5 Å². The van der Waals surface area contributed by atoms with E-state index in [9.17, 15) is 9.59 Å². The minimum Gasteiger partial charge on any atom is -0.378 e. The lowest BCUT2D eigenvalue weighted by molar-refractivity contribution is 0.0657. The van der Waals surface area contributed by atoms with Crippen LogP contribution >= 0.6 is 0 Å². The van der Waals surface area contributed by atoms with Gasteiger partial charge in [-0.1, -0.05) is 6.07 Å². The summed E-state index contributed by atoms with van der Waals surface area (Å²) in [5, 5.41) is 0. The highest BCUT2D eigenvalue weighted by Crippen LogP contribution is 2.44. The zero-order valence-corrected chi connectivity index (χ0v) is 16.4. The average Bonchev–Trinajstić information content (AvgIpc) is 3.13. The van der Waals surface area contributed by atoms with E-state index in [0.717, 1.165) is 50.0 Å². The number of morpholine rings is 1. The van der Waals surface area contributed by atoms with Crippen LogP contribution in [0.3, 0.4) is 0 Å². The van der Waals surface area contributed by atoms with Crippen LogP contribution in [-0.2, 0) is 16.6 Å². The van der Waals surface area contributed by atoms with E-state index in [0.29, 0.717) is 37.9 Å². The number of carbonyl (C=O) groups is 1. The number of likely N-dealkylation sites (tertiary alicyclic amines) is 1. The number of amides is 1. The van der Waals surface area contributed by atoms with Crippen LogP contribution in [0, 0.1) is 0 Å². The van der Waals surface area contributed by atoms with Crippen LogP contribution in [0.25, 0.3) is 0 Å². The second-order valence-corrected chi connectivity index (χ2v) is 8.10. The second-order valence-electron chi connectivity index (χ2n) is 8.10. The van der Waals surface area contributed by atoms with Crippen molar-refractivity contribution in [2.45, 2.75) is 31.1 Å². The Kier molecular flexibility index (Phi) is 4.58. The Morgan fingerprint density at radius 2 is 1.90 bits per heavy atom. The highest BCUT2D eigenvalue weighted by Gasteiger charge is 2.45. The van der Waals surface area contributed by atoms with Gasteiger partial charge in [-0.05, 0) is 37.8 Å². The number of hydrogen-bond acceptors (Lipinski definition) is 6. The summed E-state index contributed by atoms with van der Waals surface area (Å²) >= 11 is 0. The molecule has 3 aliphatic rings. The zero-order chi connectivity index (χ0) is 19.8. The Balaban J connectivity index is 1.38. The number of H-pyrrole nitrogens is 1. The SMILES string of the molecule is O=C(c1ccccn1)N1CCC2(CCc3c2nc(N2CCOCC2)[nH]c3=O)CC1. The fourth-order valence-electron chi connectivity index (χ4n) is 4.84. The lowest BCUT2D eigenvalue weighted by Gasteiger charge is -2.39. The fourth-order valence-corrected chi connectivity index (χ4v) is 4.84. The smallest absolute Gasteiger partial charge is 0.272 e. The molecular formula is C21H25N5O3. The highest BCUT2D eigenvalue weighted by molar-refractivity contribution is 5.92. The van der Waals surface area contributed by atoms with Gasteiger partial charge in [-0.2, -0.15) is 0 Å². The van der Waals surface area contributed by atoms with E-state index >= 15 is 0 Å². The van der Waals surface area contributed by atoms with Gasteiger partial charge in [-0.15, -0.1) is 0 Å². The third-order valence-electron chi connectivity index (χ3n) is 6.56. The van der Waals surface area contributed by atoms with Crippen LogP contribution in [0.1, 0.15) is 41.0 Å². The van der Waals surface area contributed by atoms with Gasteiger partial charge in [0.2, 0.25) is 5.95 Å². The summed E-state index contributed by atoms with van der Waals surface area (Å²) in [6.45, 7) is 4.10. The quantitative estimate of drug-likeness (QED) is 0.820. The van der Waals surface area contributed by atoms with Crippen LogP contribution in [0.5, 0.6) is 0 Å². The Bertz CT molecular complexity index is 960. The molecule has 1 spiro atoms. The largest absolute Gasteiger partial charge is 0.378 e. The predicted octanol–water partition coefficient (Wildman–Crippen LogP) is 1.12. The minimum atomic E-state index is -0.106. The van der Waals surface area contributed by atoms with Crippen LogP contribution < -0.4 is 10.5 Å². The van der Waals surface area contributed by atoms with Gasteiger partial charge in [0, 0.05) is 43.4 Å². The van der Waals surface area contributed by atoms with Crippen LogP contribution in [0.2, 0.25) is 0 Å². The molecule has 1 amide bonds. The van der Waals surface area contributed by atoms with Crippen molar-refractivity contribution in [1.29, 1.82) is 0 Å².